The number of hydrogen-bond acceptors (Lipinski definition) is 4. The summed E-state index contributed by atoms with van der Waals surface area (Å²) in [6, 6.07) is 0. The topological polar surface area (TPSA) is 41.9 Å². The number of rotatable bonds is 6. The molecule has 0 saturated heterocycles. The van der Waals surface area contributed by atoms with Crippen molar-refractivity contribution in [1.82, 2.24) is 4.90 Å². The second kappa shape index (κ2) is 5.48. The fraction of sp³-hybridized carbons (Fsp3) is 1.00. The van der Waals surface area contributed by atoms with Gasteiger partial charge < -0.3 is 19.5 Å². The van der Waals surface area contributed by atoms with Gasteiger partial charge in [-0.15, -0.1) is 0 Å². The Kier molecular flexibility index (Phi) is 5.41. The first-order valence-corrected chi connectivity index (χ1v) is 4.13. The zero-order chi connectivity index (χ0) is 9.61. The van der Waals surface area contributed by atoms with Crippen molar-refractivity contribution in [2.75, 3.05) is 33.9 Å². The highest BCUT2D eigenvalue weighted by Crippen LogP contribution is 2.06. The predicted molar refractivity (Wildman–Crippen MR) is 46.8 cm³/mol. The van der Waals surface area contributed by atoms with Crippen LogP contribution >= 0.6 is 0 Å². The molecule has 74 valence electrons. The van der Waals surface area contributed by atoms with Crippen LogP contribution in [-0.2, 0) is 9.47 Å². The standard InChI is InChI=1S/C8H19NO3/c1-5-11-8(2,10)12-7-6-9(3)4/h10H,5-7H2,1-4H3. The number of nitrogens with zero attached hydrogens (tertiary/aromatic N) is 1. The highest BCUT2D eigenvalue weighted by atomic mass is 16.8. The van der Waals surface area contributed by atoms with Gasteiger partial charge in [0, 0.05) is 20.1 Å². The maximum atomic E-state index is 9.36. The molecule has 0 bridgehead atoms. The lowest BCUT2D eigenvalue weighted by atomic mass is 10.6. The van der Waals surface area contributed by atoms with Gasteiger partial charge >= 0.3 is 0 Å². The van der Waals surface area contributed by atoms with Crippen LogP contribution in [0.3, 0.4) is 0 Å². The summed E-state index contributed by atoms with van der Waals surface area (Å²) in [6.07, 6.45) is 0. The summed E-state index contributed by atoms with van der Waals surface area (Å²) in [5.41, 5.74) is 0. The molecule has 0 aliphatic rings. The van der Waals surface area contributed by atoms with E-state index in [1.807, 2.05) is 25.9 Å². The Morgan fingerprint density at radius 2 is 1.92 bits per heavy atom. The first-order chi connectivity index (χ1) is 5.48. The molecule has 12 heavy (non-hydrogen) atoms. The second-order valence-electron chi connectivity index (χ2n) is 2.98. The normalized spacial score (nSPS) is 16.5. The minimum Gasteiger partial charge on any atom is -0.344 e. The van der Waals surface area contributed by atoms with Gasteiger partial charge in [0.15, 0.2) is 0 Å². The van der Waals surface area contributed by atoms with E-state index >= 15 is 0 Å². The molecular formula is C8H19NO3. The number of hydrogen-bond donors (Lipinski definition) is 1. The third-order valence-corrected chi connectivity index (χ3v) is 1.32. The van der Waals surface area contributed by atoms with Gasteiger partial charge in [-0.1, -0.05) is 0 Å². The molecule has 0 aromatic rings. The van der Waals surface area contributed by atoms with Crippen LogP contribution < -0.4 is 0 Å². The monoisotopic (exact) mass is 177 g/mol. The van der Waals surface area contributed by atoms with E-state index in [0.29, 0.717) is 13.2 Å². The molecule has 0 aliphatic carbocycles. The molecule has 1 unspecified atom stereocenters. The van der Waals surface area contributed by atoms with Gasteiger partial charge in [-0.25, -0.2) is 0 Å². The van der Waals surface area contributed by atoms with Crippen LogP contribution in [0.4, 0.5) is 0 Å². The molecule has 0 spiro atoms. The number of aliphatic hydroxyl groups is 1. The molecule has 0 aromatic carbocycles. The van der Waals surface area contributed by atoms with Gasteiger partial charge in [0.05, 0.1) is 6.61 Å². The molecular weight excluding hydrogens is 158 g/mol. The highest BCUT2D eigenvalue weighted by Gasteiger charge is 2.20. The first-order valence-electron chi connectivity index (χ1n) is 4.13. The van der Waals surface area contributed by atoms with E-state index < -0.39 is 5.97 Å². The van der Waals surface area contributed by atoms with Gasteiger partial charge in [-0.3, -0.25) is 0 Å². The van der Waals surface area contributed by atoms with Crippen LogP contribution in [0, 0.1) is 0 Å². The van der Waals surface area contributed by atoms with Crippen LogP contribution in [-0.4, -0.2) is 49.8 Å². The minimum absolute atomic E-state index is 0.439. The molecule has 0 amide bonds. The lowest BCUT2D eigenvalue weighted by molar-refractivity contribution is -0.347. The molecule has 0 fully saturated rings. The summed E-state index contributed by atoms with van der Waals surface area (Å²) in [5.74, 6) is -1.44. The van der Waals surface area contributed by atoms with Crippen molar-refractivity contribution >= 4 is 0 Å². The fourth-order valence-electron chi connectivity index (χ4n) is 0.727. The molecule has 4 nitrogen and oxygen atoms in total. The van der Waals surface area contributed by atoms with Gasteiger partial charge in [-0.2, -0.15) is 0 Å². The zero-order valence-corrected chi connectivity index (χ0v) is 8.33. The SMILES string of the molecule is CCOC(C)(O)OCCN(C)C. The van der Waals surface area contributed by atoms with Crippen molar-refractivity contribution in [3.8, 4) is 0 Å². The maximum absolute atomic E-state index is 9.36. The highest BCUT2D eigenvalue weighted by molar-refractivity contribution is 4.45. The lowest BCUT2D eigenvalue weighted by Gasteiger charge is -2.23. The van der Waals surface area contributed by atoms with E-state index in [0.717, 1.165) is 6.54 Å². The summed E-state index contributed by atoms with van der Waals surface area (Å²) in [4.78, 5) is 1.97. The summed E-state index contributed by atoms with van der Waals surface area (Å²) in [5, 5.41) is 9.36. The minimum atomic E-state index is -1.44. The van der Waals surface area contributed by atoms with Gasteiger partial charge in [-0.05, 0) is 21.0 Å². The largest absolute Gasteiger partial charge is 0.344 e. The van der Waals surface area contributed by atoms with Crippen molar-refractivity contribution in [2.24, 2.45) is 0 Å². The third-order valence-electron chi connectivity index (χ3n) is 1.32. The summed E-state index contributed by atoms with van der Waals surface area (Å²) >= 11 is 0. The van der Waals surface area contributed by atoms with E-state index in [9.17, 15) is 5.11 Å². The Balaban J connectivity index is 3.46. The van der Waals surface area contributed by atoms with Crippen LogP contribution in [0.15, 0.2) is 0 Å². The van der Waals surface area contributed by atoms with Gasteiger partial charge in [0.1, 0.15) is 0 Å². The van der Waals surface area contributed by atoms with Crippen molar-refractivity contribution in [1.29, 1.82) is 0 Å². The molecule has 1 atom stereocenters. The molecule has 4 heteroatoms. The van der Waals surface area contributed by atoms with Crippen molar-refractivity contribution in [3.05, 3.63) is 0 Å². The zero-order valence-electron chi connectivity index (χ0n) is 8.33. The smallest absolute Gasteiger partial charge is 0.277 e. The van der Waals surface area contributed by atoms with Crippen LogP contribution in [0.1, 0.15) is 13.8 Å². The summed E-state index contributed by atoms with van der Waals surface area (Å²) < 4.78 is 10.00. The summed E-state index contributed by atoms with van der Waals surface area (Å²) in [7, 11) is 3.89. The molecule has 0 heterocycles. The first kappa shape index (κ1) is 11.8. The predicted octanol–water partition coefficient (Wildman–Crippen LogP) is 0.267. The lowest BCUT2D eigenvalue weighted by Crippen LogP contribution is -2.34. The molecule has 0 radical (unpaired) electrons. The fourth-order valence-corrected chi connectivity index (χ4v) is 0.727. The third kappa shape index (κ3) is 6.54. The van der Waals surface area contributed by atoms with E-state index in [1.165, 1.54) is 6.92 Å². The second-order valence-corrected chi connectivity index (χ2v) is 2.98. The Hall–Kier alpha value is -0.160. The maximum Gasteiger partial charge on any atom is 0.277 e. The van der Waals surface area contributed by atoms with Crippen LogP contribution in [0.25, 0.3) is 0 Å². The summed E-state index contributed by atoms with van der Waals surface area (Å²) in [6.45, 7) is 4.97. The molecule has 1 N–H and O–H groups in total. The van der Waals surface area contributed by atoms with Gasteiger partial charge in [0.2, 0.25) is 0 Å². The van der Waals surface area contributed by atoms with Crippen molar-refractivity contribution in [3.63, 3.8) is 0 Å². The van der Waals surface area contributed by atoms with Crippen molar-refractivity contribution in [2.45, 2.75) is 19.8 Å². The molecule has 0 rings (SSSR count). The number of likely N-dealkylation sites (N-methyl/N-ethyl adjacent to an activating group) is 1. The Labute approximate surface area is 74.1 Å². The van der Waals surface area contributed by atoms with Gasteiger partial charge in [0.25, 0.3) is 5.97 Å². The van der Waals surface area contributed by atoms with Crippen LogP contribution in [0.2, 0.25) is 0 Å². The molecule has 0 saturated carbocycles. The van der Waals surface area contributed by atoms with E-state index in [4.69, 9.17) is 9.47 Å². The van der Waals surface area contributed by atoms with E-state index in [1.54, 1.807) is 0 Å². The van der Waals surface area contributed by atoms with Crippen LogP contribution in [0.5, 0.6) is 0 Å². The average molecular weight is 177 g/mol. The Bertz CT molecular complexity index is 115. The Morgan fingerprint density at radius 3 is 2.33 bits per heavy atom. The van der Waals surface area contributed by atoms with Crippen molar-refractivity contribution < 1.29 is 14.6 Å². The molecule has 0 aliphatic heterocycles. The number of ether oxygens (including phenoxy) is 2. The Morgan fingerprint density at radius 1 is 1.33 bits per heavy atom. The molecule has 0 aromatic heterocycles. The quantitative estimate of drug-likeness (QED) is 0.591. The van der Waals surface area contributed by atoms with E-state index in [-0.39, 0.29) is 0 Å². The average Bonchev–Trinajstić information content (AvgIpc) is 1.85. The van der Waals surface area contributed by atoms with E-state index in [2.05, 4.69) is 0 Å².